The van der Waals surface area contributed by atoms with Crippen LogP contribution in [0.25, 0.3) is 17.1 Å². The molecule has 0 bridgehead atoms. The Hall–Kier alpha value is -2.67. The predicted octanol–water partition coefficient (Wildman–Crippen LogP) is 3.81. The average Bonchev–Trinajstić information content (AvgIpc) is 3.11. The van der Waals surface area contributed by atoms with Crippen molar-refractivity contribution in [1.29, 1.82) is 0 Å². The minimum Gasteiger partial charge on any atom is -0.355 e. The van der Waals surface area contributed by atoms with Crippen LogP contribution in [0.4, 0.5) is 0 Å². The maximum Gasteiger partial charge on any atom is 0.230 e. The van der Waals surface area contributed by atoms with Crippen LogP contribution in [-0.4, -0.2) is 38.0 Å². The molecule has 0 saturated carbocycles. The first-order valence-electron chi connectivity index (χ1n) is 9.28. The van der Waals surface area contributed by atoms with Gasteiger partial charge in [-0.1, -0.05) is 31.7 Å². The summed E-state index contributed by atoms with van der Waals surface area (Å²) in [6.45, 7) is 8.99. The fourth-order valence-electron chi connectivity index (χ4n) is 2.64. The Balaban J connectivity index is 1.93. The minimum atomic E-state index is -0.00346. The van der Waals surface area contributed by atoms with Crippen molar-refractivity contribution in [2.45, 2.75) is 32.9 Å². The molecule has 0 aliphatic carbocycles. The number of hydrogen-bond donors (Lipinski definition) is 1. The minimum absolute atomic E-state index is 0.00346. The zero-order chi connectivity index (χ0) is 20.1. The number of aryl methyl sites for hydroxylation is 2. The molecular formula is C21H25N5OS. The summed E-state index contributed by atoms with van der Waals surface area (Å²) in [5.74, 6) is 1.42. The van der Waals surface area contributed by atoms with Gasteiger partial charge in [-0.25, -0.2) is 0 Å². The Labute approximate surface area is 169 Å². The van der Waals surface area contributed by atoms with Gasteiger partial charge in [-0.15, -0.1) is 10.2 Å². The Kier molecular flexibility index (Phi) is 6.46. The van der Waals surface area contributed by atoms with E-state index in [9.17, 15) is 4.79 Å². The van der Waals surface area contributed by atoms with E-state index in [-0.39, 0.29) is 5.91 Å². The number of rotatable bonds is 7. The van der Waals surface area contributed by atoms with Gasteiger partial charge in [-0.2, -0.15) is 0 Å². The van der Waals surface area contributed by atoms with Crippen LogP contribution >= 0.6 is 11.8 Å². The molecule has 3 aromatic rings. The summed E-state index contributed by atoms with van der Waals surface area (Å²) < 4.78 is 1.99. The van der Waals surface area contributed by atoms with Crippen molar-refractivity contribution in [2.24, 2.45) is 5.92 Å². The van der Waals surface area contributed by atoms with E-state index >= 15 is 0 Å². The van der Waals surface area contributed by atoms with E-state index in [0.29, 0.717) is 29.2 Å². The molecule has 0 fully saturated rings. The second kappa shape index (κ2) is 9.01. The van der Waals surface area contributed by atoms with Gasteiger partial charge in [-0.3, -0.25) is 14.3 Å². The van der Waals surface area contributed by atoms with Gasteiger partial charge in [0.1, 0.15) is 0 Å². The number of pyridine rings is 1. The average molecular weight is 396 g/mol. The molecule has 0 saturated heterocycles. The molecule has 0 aliphatic rings. The van der Waals surface area contributed by atoms with Crippen molar-refractivity contribution in [3.05, 3.63) is 53.9 Å². The van der Waals surface area contributed by atoms with Crippen molar-refractivity contribution in [1.82, 2.24) is 25.1 Å². The summed E-state index contributed by atoms with van der Waals surface area (Å²) in [4.78, 5) is 16.3. The maximum absolute atomic E-state index is 12.1. The van der Waals surface area contributed by atoms with Crippen LogP contribution < -0.4 is 5.32 Å². The highest BCUT2D eigenvalue weighted by Gasteiger charge is 2.18. The summed E-state index contributed by atoms with van der Waals surface area (Å²) in [5, 5.41) is 12.4. The van der Waals surface area contributed by atoms with Gasteiger partial charge >= 0.3 is 0 Å². The van der Waals surface area contributed by atoms with E-state index < -0.39 is 0 Å². The molecule has 1 N–H and O–H groups in total. The highest BCUT2D eigenvalue weighted by molar-refractivity contribution is 7.99. The number of hydrogen-bond acceptors (Lipinski definition) is 5. The number of nitrogens with zero attached hydrogens (tertiary/aromatic N) is 4. The highest BCUT2D eigenvalue weighted by atomic mass is 32.2. The number of nitrogens with one attached hydrogen (secondary N) is 1. The van der Waals surface area contributed by atoms with E-state index in [1.165, 1.54) is 22.9 Å². The lowest BCUT2D eigenvalue weighted by Gasteiger charge is -2.12. The standard InChI is InChI=1S/C21H25N5OS/c1-14(2)11-23-19(27)13-28-21-25-24-20(17-6-5-9-22-12-17)26(21)18-8-7-15(3)16(4)10-18/h5-10,12,14H,11,13H2,1-4H3,(H,23,27). The summed E-state index contributed by atoms with van der Waals surface area (Å²) >= 11 is 1.38. The van der Waals surface area contributed by atoms with Crippen LogP contribution in [0, 0.1) is 19.8 Å². The SMILES string of the molecule is Cc1ccc(-n2c(SCC(=O)NCC(C)C)nnc2-c2cccnc2)cc1C. The number of aromatic nitrogens is 4. The molecule has 2 aromatic heterocycles. The Morgan fingerprint density at radius 3 is 2.68 bits per heavy atom. The molecule has 0 spiro atoms. The molecule has 6 nitrogen and oxygen atoms in total. The predicted molar refractivity (Wildman–Crippen MR) is 113 cm³/mol. The third kappa shape index (κ3) is 4.78. The number of carbonyl (C=O) groups is 1. The Bertz CT molecular complexity index is 953. The number of amides is 1. The number of benzene rings is 1. The van der Waals surface area contributed by atoms with Gasteiger partial charge in [0.15, 0.2) is 11.0 Å². The summed E-state index contributed by atoms with van der Waals surface area (Å²) in [6.07, 6.45) is 3.50. The van der Waals surface area contributed by atoms with Crippen LogP contribution in [0.2, 0.25) is 0 Å². The zero-order valence-electron chi connectivity index (χ0n) is 16.6. The molecule has 3 rings (SSSR count). The maximum atomic E-state index is 12.1. The molecule has 28 heavy (non-hydrogen) atoms. The topological polar surface area (TPSA) is 72.7 Å². The van der Waals surface area contributed by atoms with E-state index in [1.807, 2.05) is 16.7 Å². The van der Waals surface area contributed by atoms with E-state index in [1.54, 1.807) is 12.4 Å². The Morgan fingerprint density at radius 1 is 1.18 bits per heavy atom. The number of thioether (sulfide) groups is 1. The van der Waals surface area contributed by atoms with Crippen molar-refractivity contribution >= 4 is 17.7 Å². The quantitative estimate of drug-likeness (QED) is 0.616. The molecule has 0 unspecified atom stereocenters. The fourth-order valence-corrected chi connectivity index (χ4v) is 3.42. The van der Waals surface area contributed by atoms with Gasteiger partial charge < -0.3 is 5.32 Å². The van der Waals surface area contributed by atoms with E-state index in [4.69, 9.17) is 0 Å². The lowest BCUT2D eigenvalue weighted by Crippen LogP contribution is -2.28. The van der Waals surface area contributed by atoms with Crippen LogP contribution in [0.1, 0.15) is 25.0 Å². The van der Waals surface area contributed by atoms with Gasteiger partial charge in [0.25, 0.3) is 0 Å². The fraction of sp³-hybridized carbons (Fsp3) is 0.333. The molecule has 7 heteroatoms. The molecule has 0 aliphatic heterocycles. The highest BCUT2D eigenvalue weighted by Crippen LogP contribution is 2.28. The number of carbonyl (C=O) groups excluding carboxylic acids is 1. The second-order valence-corrected chi connectivity index (χ2v) is 8.08. The van der Waals surface area contributed by atoms with Gasteiger partial charge in [0.05, 0.1) is 11.4 Å². The first kappa shape index (κ1) is 20.1. The van der Waals surface area contributed by atoms with Crippen LogP contribution in [0.3, 0.4) is 0 Å². The van der Waals surface area contributed by atoms with Crippen LogP contribution in [-0.2, 0) is 4.79 Å². The first-order valence-corrected chi connectivity index (χ1v) is 10.3. The van der Waals surface area contributed by atoms with Crippen molar-refractivity contribution < 1.29 is 4.79 Å². The Morgan fingerprint density at radius 2 is 2.00 bits per heavy atom. The van der Waals surface area contributed by atoms with Crippen LogP contribution in [0.5, 0.6) is 0 Å². The van der Waals surface area contributed by atoms with Gasteiger partial charge in [0.2, 0.25) is 5.91 Å². The largest absolute Gasteiger partial charge is 0.355 e. The van der Waals surface area contributed by atoms with Crippen molar-refractivity contribution in [2.75, 3.05) is 12.3 Å². The molecule has 0 radical (unpaired) electrons. The first-order chi connectivity index (χ1) is 13.5. The van der Waals surface area contributed by atoms with E-state index in [2.05, 4.69) is 66.4 Å². The van der Waals surface area contributed by atoms with Gasteiger partial charge in [0, 0.05) is 24.5 Å². The smallest absolute Gasteiger partial charge is 0.230 e. The molecule has 1 amide bonds. The molecule has 1 aromatic carbocycles. The normalized spacial score (nSPS) is 11.0. The van der Waals surface area contributed by atoms with Crippen LogP contribution in [0.15, 0.2) is 47.9 Å². The lowest BCUT2D eigenvalue weighted by molar-refractivity contribution is -0.118. The monoisotopic (exact) mass is 395 g/mol. The third-order valence-corrected chi connectivity index (χ3v) is 5.27. The molecular weight excluding hydrogens is 370 g/mol. The van der Waals surface area contributed by atoms with Crippen molar-refractivity contribution in [3.8, 4) is 17.1 Å². The molecule has 0 atom stereocenters. The summed E-state index contributed by atoms with van der Waals surface area (Å²) in [6, 6.07) is 10.1. The summed E-state index contributed by atoms with van der Waals surface area (Å²) in [5.41, 5.74) is 4.26. The molecule has 146 valence electrons. The second-order valence-electron chi connectivity index (χ2n) is 7.14. The molecule has 2 heterocycles. The van der Waals surface area contributed by atoms with Crippen molar-refractivity contribution in [3.63, 3.8) is 0 Å². The lowest BCUT2D eigenvalue weighted by atomic mass is 10.1. The van der Waals surface area contributed by atoms with Gasteiger partial charge in [-0.05, 0) is 55.2 Å². The summed E-state index contributed by atoms with van der Waals surface area (Å²) in [7, 11) is 0. The van der Waals surface area contributed by atoms with E-state index in [0.717, 1.165) is 11.3 Å². The third-order valence-electron chi connectivity index (χ3n) is 4.34. The zero-order valence-corrected chi connectivity index (χ0v) is 17.5.